The van der Waals surface area contributed by atoms with Gasteiger partial charge in [-0.1, -0.05) is 13.8 Å². The molecule has 2 saturated heterocycles. The Morgan fingerprint density at radius 2 is 2.06 bits per heavy atom. The van der Waals surface area contributed by atoms with Gasteiger partial charge in [0.2, 0.25) is 0 Å². The lowest BCUT2D eigenvalue weighted by Crippen LogP contribution is -2.45. The summed E-state index contributed by atoms with van der Waals surface area (Å²) in [5.74, 6) is -0.189. The molecule has 0 aromatic heterocycles. The first-order chi connectivity index (χ1) is 7.49. The molecule has 4 heteroatoms. The lowest BCUT2D eigenvalue weighted by atomic mass is 10.00. The zero-order valence-electron chi connectivity index (χ0n) is 10.2. The molecule has 2 fully saturated rings. The first kappa shape index (κ1) is 11.9. The Kier molecular flexibility index (Phi) is 3.22. The zero-order chi connectivity index (χ0) is 11.9. The average molecular weight is 227 g/mol. The van der Waals surface area contributed by atoms with Crippen LogP contribution in [0.1, 0.15) is 33.1 Å². The second kappa shape index (κ2) is 4.34. The number of esters is 1. The molecule has 16 heavy (non-hydrogen) atoms. The van der Waals surface area contributed by atoms with Crippen LogP contribution < -0.4 is 0 Å². The van der Waals surface area contributed by atoms with Crippen molar-refractivity contribution < 1.29 is 14.6 Å². The van der Waals surface area contributed by atoms with E-state index in [-0.39, 0.29) is 30.1 Å². The Morgan fingerprint density at radius 3 is 2.62 bits per heavy atom. The largest absolute Gasteiger partial charge is 0.462 e. The van der Waals surface area contributed by atoms with Gasteiger partial charge in [0, 0.05) is 24.9 Å². The molecule has 2 heterocycles. The number of hydrogen-bond donors (Lipinski definition) is 1. The van der Waals surface area contributed by atoms with Gasteiger partial charge in [-0.15, -0.1) is 0 Å². The second-order valence-electron chi connectivity index (χ2n) is 5.37. The summed E-state index contributed by atoms with van der Waals surface area (Å²) in [6.45, 7) is 3.70. The molecule has 4 unspecified atom stereocenters. The average Bonchev–Trinajstić information content (AvgIpc) is 2.38. The fourth-order valence-electron chi connectivity index (χ4n) is 2.80. The summed E-state index contributed by atoms with van der Waals surface area (Å²) in [5, 5.41) is 9.85. The third kappa shape index (κ3) is 2.09. The van der Waals surface area contributed by atoms with E-state index >= 15 is 0 Å². The van der Waals surface area contributed by atoms with Crippen molar-refractivity contribution in [1.82, 2.24) is 4.90 Å². The number of aliphatic hydroxyl groups excluding tert-OH is 1. The Labute approximate surface area is 96.6 Å². The van der Waals surface area contributed by atoms with E-state index in [0.29, 0.717) is 6.04 Å². The number of hydrogen-bond acceptors (Lipinski definition) is 4. The van der Waals surface area contributed by atoms with Crippen LogP contribution in [0.4, 0.5) is 0 Å². The summed E-state index contributed by atoms with van der Waals surface area (Å²) in [5.41, 5.74) is 0. The van der Waals surface area contributed by atoms with Gasteiger partial charge in [-0.3, -0.25) is 9.69 Å². The van der Waals surface area contributed by atoms with Crippen molar-refractivity contribution in [3.63, 3.8) is 0 Å². The molecule has 0 amide bonds. The number of nitrogens with zero attached hydrogens (tertiary/aromatic N) is 1. The zero-order valence-corrected chi connectivity index (χ0v) is 10.2. The summed E-state index contributed by atoms with van der Waals surface area (Å²) < 4.78 is 5.45. The molecule has 0 radical (unpaired) electrons. The van der Waals surface area contributed by atoms with Crippen molar-refractivity contribution in [2.24, 2.45) is 5.92 Å². The number of aliphatic hydroxyl groups is 1. The van der Waals surface area contributed by atoms with Gasteiger partial charge in [-0.2, -0.15) is 0 Å². The minimum Gasteiger partial charge on any atom is -0.462 e. The summed E-state index contributed by atoms with van der Waals surface area (Å²) >= 11 is 0. The van der Waals surface area contributed by atoms with Crippen molar-refractivity contribution in [2.45, 2.75) is 57.4 Å². The van der Waals surface area contributed by atoms with E-state index in [4.69, 9.17) is 4.74 Å². The van der Waals surface area contributed by atoms with Crippen LogP contribution in [0.3, 0.4) is 0 Å². The van der Waals surface area contributed by atoms with E-state index < -0.39 is 0 Å². The van der Waals surface area contributed by atoms with Gasteiger partial charge < -0.3 is 9.84 Å². The Bertz CT molecular complexity index is 279. The summed E-state index contributed by atoms with van der Waals surface area (Å²) in [6.07, 6.45) is 2.20. The van der Waals surface area contributed by atoms with Crippen LogP contribution in [-0.4, -0.2) is 47.3 Å². The molecule has 2 bridgehead atoms. The molecule has 1 N–H and O–H groups in total. The Hall–Kier alpha value is -0.610. The Balaban J connectivity index is 1.94. The summed E-state index contributed by atoms with van der Waals surface area (Å²) in [7, 11) is 2.05. The molecule has 2 aliphatic rings. The standard InChI is InChI=1S/C12H21NO3/c1-7(2)12(15)16-9-4-8-5-11(14)10(6-9)13(8)3/h7-11,14H,4-6H2,1-3H3. The molecule has 2 rings (SSSR count). The highest BCUT2D eigenvalue weighted by atomic mass is 16.5. The summed E-state index contributed by atoms with van der Waals surface area (Å²) in [4.78, 5) is 13.7. The lowest BCUT2D eigenvalue weighted by molar-refractivity contribution is -0.156. The normalized spacial score (nSPS) is 39.1. The predicted molar refractivity (Wildman–Crippen MR) is 59.9 cm³/mol. The third-order valence-corrected chi connectivity index (χ3v) is 3.85. The van der Waals surface area contributed by atoms with Crippen LogP contribution in [0.5, 0.6) is 0 Å². The maximum Gasteiger partial charge on any atom is 0.308 e. The van der Waals surface area contributed by atoms with Crippen molar-refractivity contribution in [1.29, 1.82) is 0 Å². The van der Waals surface area contributed by atoms with Crippen LogP contribution in [0, 0.1) is 5.92 Å². The van der Waals surface area contributed by atoms with Crippen molar-refractivity contribution in [3.05, 3.63) is 0 Å². The quantitative estimate of drug-likeness (QED) is 0.708. The molecule has 4 nitrogen and oxygen atoms in total. The van der Waals surface area contributed by atoms with Gasteiger partial charge in [0.1, 0.15) is 6.10 Å². The number of carbonyl (C=O) groups is 1. The molecule has 0 aromatic carbocycles. The highest BCUT2D eigenvalue weighted by Crippen LogP contribution is 2.35. The fourth-order valence-corrected chi connectivity index (χ4v) is 2.80. The predicted octanol–water partition coefficient (Wildman–Crippen LogP) is 0.782. The first-order valence-electron chi connectivity index (χ1n) is 6.09. The minimum absolute atomic E-state index is 0.00162. The van der Waals surface area contributed by atoms with Crippen LogP contribution >= 0.6 is 0 Å². The molecular formula is C12H21NO3. The Morgan fingerprint density at radius 1 is 1.38 bits per heavy atom. The number of piperidine rings is 1. The van der Waals surface area contributed by atoms with E-state index in [0.717, 1.165) is 19.3 Å². The van der Waals surface area contributed by atoms with Crippen molar-refractivity contribution in [2.75, 3.05) is 7.05 Å². The number of carbonyl (C=O) groups excluding carboxylic acids is 1. The molecular weight excluding hydrogens is 206 g/mol. The maximum atomic E-state index is 11.5. The monoisotopic (exact) mass is 227 g/mol. The first-order valence-corrected chi connectivity index (χ1v) is 6.09. The number of rotatable bonds is 2. The van der Waals surface area contributed by atoms with Crippen LogP contribution in [-0.2, 0) is 9.53 Å². The second-order valence-corrected chi connectivity index (χ2v) is 5.37. The van der Waals surface area contributed by atoms with Crippen LogP contribution in [0.2, 0.25) is 0 Å². The molecule has 4 atom stereocenters. The van der Waals surface area contributed by atoms with Gasteiger partial charge in [0.05, 0.1) is 12.0 Å². The van der Waals surface area contributed by atoms with E-state index in [1.165, 1.54) is 0 Å². The lowest BCUT2D eigenvalue weighted by Gasteiger charge is -2.36. The van der Waals surface area contributed by atoms with E-state index in [2.05, 4.69) is 4.90 Å². The van der Waals surface area contributed by atoms with Gasteiger partial charge in [-0.05, 0) is 13.5 Å². The topological polar surface area (TPSA) is 49.8 Å². The number of likely N-dealkylation sites (N-methyl/N-ethyl adjacent to an activating group) is 1. The third-order valence-electron chi connectivity index (χ3n) is 3.85. The number of fused-ring (bicyclic) bond motifs is 2. The van der Waals surface area contributed by atoms with Crippen molar-refractivity contribution in [3.8, 4) is 0 Å². The van der Waals surface area contributed by atoms with Gasteiger partial charge in [0.15, 0.2) is 0 Å². The van der Waals surface area contributed by atoms with Gasteiger partial charge >= 0.3 is 5.97 Å². The van der Waals surface area contributed by atoms with Crippen LogP contribution in [0.25, 0.3) is 0 Å². The molecule has 0 saturated carbocycles. The highest BCUT2D eigenvalue weighted by Gasteiger charge is 2.45. The molecule has 0 aromatic rings. The van der Waals surface area contributed by atoms with Gasteiger partial charge in [-0.25, -0.2) is 0 Å². The fraction of sp³-hybridized carbons (Fsp3) is 0.917. The van der Waals surface area contributed by atoms with E-state index in [9.17, 15) is 9.90 Å². The highest BCUT2D eigenvalue weighted by molar-refractivity contribution is 5.71. The molecule has 2 aliphatic heterocycles. The minimum atomic E-state index is -0.252. The molecule has 0 aliphatic carbocycles. The maximum absolute atomic E-state index is 11.5. The number of ether oxygens (including phenoxy) is 1. The van der Waals surface area contributed by atoms with E-state index in [1.807, 2.05) is 20.9 Å². The summed E-state index contributed by atoms with van der Waals surface area (Å²) in [6, 6.07) is 0.544. The van der Waals surface area contributed by atoms with E-state index in [1.54, 1.807) is 0 Å². The van der Waals surface area contributed by atoms with Gasteiger partial charge in [0.25, 0.3) is 0 Å². The SMILES string of the molecule is CC(C)C(=O)OC1CC2CC(O)C(C1)N2C. The van der Waals surface area contributed by atoms with Crippen LogP contribution in [0.15, 0.2) is 0 Å². The smallest absolute Gasteiger partial charge is 0.308 e. The van der Waals surface area contributed by atoms with Crippen molar-refractivity contribution >= 4 is 5.97 Å². The molecule has 92 valence electrons. The molecule has 0 spiro atoms.